The lowest BCUT2D eigenvalue weighted by atomic mass is 10.1. The Morgan fingerprint density at radius 1 is 1.26 bits per heavy atom. The van der Waals surface area contributed by atoms with Gasteiger partial charge in [0.15, 0.2) is 0 Å². The molecular formula is C16H13N3O3S. The summed E-state index contributed by atoms with van der Waals surface area (Å²) >= 11 is 1.49. The van der Waals surface area contributed by atoms with E-state index in [0.717, 1.165) is 15.2 Å². The maximum Gasteiger partial charge on any atom is 0.285 e. The van der Waals surface area contributed by atoms with Gasteiger partial charge in [0, 0.05) is 5.56 Å². The van der Waals surface area contributed by atoms with Crippen LogP contribution >= 0.6 is 11.3 Å². The number of fused-ring (bicyclic) bond motifs is 1. The molecular weight excluding hydrogens is 314 g/mol. The lowest BCUT2D eigenvalue weighted by Gasteiger charge is -2.05. The van der Waals surface area contributed by atoms with Crippen LogP contribution in [0.3, 0.4) is 0 Å². The third-order valence-electron chi connectivity index (χ3n) is 3.40. The predicted molar refractivity (Wildman–Crippen MR) is 88.6 cm³/mol. The molecule has 23 heavy (non-hydrogen) atoms. The van der Waals surface area contributed by atoms with Crippen LogP contribution < -0.4 is 5.32 Å². The van der Waals surface area contributed by atoms with E-state index in [1.54, 1.807) is 19.1 Å². The van der Waals surface area contributed by atoms with Gasteiger partial charge in [-0.2, -0.15) is 0 Å². The molecule has 0 aliphatic heterocycles. The average molecular weight is 327 g/mol. The summed E-state index contributed by atoms with van der Waals surface area (Å²) in [4.78, 5) is 27.3. The zero-order valence-electron chi connectivity index (χ0n) is 12.3. The minimum atomic E-state index is -0.526. The summed E-state index contributed by atoms with van der Waals surface area (Å²) in [6, 6.07) is 12.4. The molecule has 0 radical (unpaired) electrons. The van der Waals surface area contributed by atoms with E-state index in [9.17, 15) is 14.9 Å². The Balaban J connectivity index is 1.80. The predicted octanol–water partition coefficient (Wildman–Crippen LogP) is 3.44. The van der Waals surface area contributed by atoms with Gasteiger partial charge in [0.1, 0.15) is 10.6 Å². The molecule has 0 saturated heterocycles. The van der Waals surface area contributed by atoms with Crippen molar-refractivity contribution in [3.05, 3.63) is 68.7 Å². The minimum Gasteiger partial charge on any atom is -0.345 e. The summed E-state index contributed by atoms with van der Waals surface area (Å²) in [6.45, 7) is 1.85. The van der Waals surface area contributed by atoms with Crippen molar-refractivity contribution in [2.24, 2.45) is 0 Å². The molecule has 0 aliphatic carbocycles. The van der Waals surface area contributed by atoms with Gasteiger partial charge in [-0.05, 0) is 25.1 Å². The molecule has 0 unspecified atom stereocenters. The average Bonchev–Trinajstić information content (AvgIpc) is 2.94. The fourth-order valence-electron chi connectivity index (χ4n) is 2.33. The SMILES string of the molecule is Cc1cccc(C(=O)NCc2nc3ccccc3s2)c1[N+](=O)[O-]. The summed E-state index contributed by atoms with van der Waals surface area (Å²) in [6.07, 6.45) is 0. The molecule has 0 fully saturated rings. The van der Waals surface area contributed by atoms with Gasteiger partial charge in [0.25, 0.3) is 11.6 Å². The number of para-hydroxylation sites is 2. The number of hydrogen-bond donors (Lipinski definition) is 1. The standard InChI is InChI=1S/C16H13N3O3S/c1-10-5-4-6-11(15(10)19(21)22)16(20)17-9-14-18-12-7-2-3-8-13(12)23-14/h2-8H,9H2,1H3,(H,17,20). The van der Waals surface area contributed by atoms with Gasteiger partial charge < -0.3 is 5.32 Å². The summed E-state index contributed by atoms with van der Waals surface area (Å²) in [5.41, 5.74) is 1.25. The Morgan fingerprint density at radius 3 is 2.78 bits per heavy atom. The van der Waals surface area contributed by atoms with E-state index in [0.29, 0.717) is 5.56 Å². The molecule has 7 heteroatoms. The second kappa shape index (κ2) is 6.13. The molecule has 6 nitrogen and oxygen atoms in total. The van der Waals surface area contributed by atoms with Crippen molar-refractivity contribution in [3.8, 4) is 0 Å². The van der Waals surface area contributed by atoms with E-state index in [1.165, 1.54) is 17.4 Å². The van der Waals surface area contributed by atoms with Crippen molar-refractivity contribution in [1.82, 2.24) is 10.3 Å². The Bertz CT molecular complexity index is 871. The topological polar surface area (TPSA) is 85.1 Å². The van der Waals surface area contributed by atoms with Crippen molar-refractivity contribution >= 4 is 33.1 Å². The number of nitro benzene ring substituents is 1. The number of hydrogen-bond acceptors (Lipinski definition) is 5. The first-order valence-electron chi connectivity index (χ1n) is 6.93. The molecule has 3 aromatic rings. The van der Waals surface area contributed by atoms with Gasteiger partial charge in [-0.1, -0.05) is 24.3 Å². The highest BCUT2D eigenvalue weighted by atomic mass is 32.1. The fraction of sp³-hybridized carbons (Fsp3) is 0.125. The summed E-state index contributed by atoms with van der Waals surface area (Å²) in [5, 5.41) is 14.6. The quantitative estimate of drug-likeness (QED) is 0.587. The van der Waals surface area contributed by atoms with Crippen molar-refractivity contribution < 1.29 is 9.72 Å². The number of benzene rings is 2. The molecule has 3 rings (SSSR count). The number of nitrogens with one attached hydrogen (secondary N) is 1. The molecule has 1 aromatic heterocycles. The van der Waals surface area contributed by atoms with Gasteiger partial charge >= 0.3 is 0 Å². The first kappa shape index (κ1) is 15.1. The number of carbonyl (C=O) groups is 1. The normalized spacial score (nSPS) is 10.7. The number of carbonyl (C=O) groups excluding carboxylic acids is 1. The van der Waals surface area contributed by atoms with Crippen LogP contribution in [-0.4, -0.2) is 15.8 Å². The maximum absolute atomic E-state index is 12.3. The summed E-state index contributed by atoms with van der Waals surface area (Å²) < 4.78 is 1.04. The Labute approximate surface area is 135 Å². The van der Waals surface area contributed by atoms with E-state index < -0.39 is 10.8 Å². The van der Waals surface area contributed by atoms with Crippen molar-refractivity contribution in [3.63, 3.8) is 0 Å². The smallest absolute Gasteiger partial charge is 0.285 e. The van der Waals surface area contributed by atoms with Gasteiger partial charge in [-0.3, -0.25) is 14.9 Å². The zero-order valence-corrected chi connectivity index (χ0v) is 13.1. The number of nitro groups is 1. The number of aryl methyl sites for hydroxylation is 1. The molecule has 0 bridgehead atoms. The highest BCUT2D eigenvalue weighted by Gasteiger charge is 2.22. The summed E-state index contributed by atoms with van der Waals surface area (Å²) in [5.74, 6) is -0.473. The van der Waals surface area contributed by atoms with Crippen LogP contribution in [0.5, 0.6) is 0 Å². The Kier molecular flexibility index (Phi) is 4.03. The van der Waals surface area contributed by atoms with Crippen molar-refractivity contribution in [2.45, 2.75) is 13.5 Å². The molecule has 0 saturated carbocycles. The van der Waals surface area contributed by atoms with Crippen molar-refractivity contribution in [1.29, 1.82) is 0 Å². The van der Waals surface area contributed by atoms with Gasteiger partial charge in [-0.15, -0.1) is 11.3 Å². The molecule has 0 atom stereocenters. The number of aromatic nitrogens is 1. The van der Waals surface area contributed by atoms with E-state index in [2.05, 4.69) is 10.3 Å². The Morgan fingerprint density at radius 2 is 2.04 bits per heavy atom. The first-order chi connectivity index (χ1) is 11.1. The minimum absolute atomic E-state index is 0.0658. The third kappa shape index (κ3) is 3.04. The lowest BCUT2D eigenvalue weighted by Crippen LogP contribution is -2.23. The van der Waals surface area contributed by atoms with E-state index in [4.69, 9.17) is 0 Å². The lowest BCUT2D eigenvalue weighted by molar-refractivity contribution is -0.385. The fourth-order valence-corrected chi connectivity index (χ4v) is 3.24. The van der Waals surface area contributed by atoms with Crippen LogP contribution in [0.15, 0.2) is 42.5 Å². The molecule has 1 amide bonds. The van der Waals surface area contributed by atoms with Crippen molar-refractivity contribution in [2.75, 3.05) is 0 Å². The largest absolute Gasteiger partial charge is 0.345 e. The van der Waals surface area contributed by atoms with Crippen LogP contribution in [0.2, 0.25) is 0 Å². The third-order valence-corrected chi connectivity index (χ3v) is 4.44. The number of nitrogens with zero attached hydrogens (tertiary/aromatic N) is 2. The van der Waals surface area contributed by atoms with Gasteiger partial charge in [-0.25, -0.2) is 4.98 Å². The molecule has 0 spiro atoms. The van der Waals surface area contributed by atoms with Gasteiger partial charge in [0.05, 0.1) is 21.7 Å². The number of thiazole rings is 1. The number of amides is 1. The van der Waals surface area contributed by atoms with Crippen LogP contribution in [0.4, 0.5) is 5.69 Å². The molecule has 0 aliphatic rings. The van der Waals surface area contributed by atoms with E-state index in [1.807, 2.05) is 24.3 Å². The first-order valence-corrected chi connectivity index (χ1v) is 7.74. The van der Waals surface area contributed by atoms with E-state index >= 15 is 0 Å². The second-order valence-electron chi connectivity index (χ2n) is 4.99. The number of rotatable bonds is 4. The zero-order chi connectivity index (χ0) is 16.4. The summed E-state index contributed by atoms with van der Waals surface area (Å²) in [7, 11) is 0. The van der Waals surface area contributed by atoms with Crippen LogP contribution in [0, 0.1) is 17.0 Å². The highest BCUT2D eigenvalue weighted by molar-refractivity contribution is 7.18. The van der Waals surface area contributed by atoms with Crippen LogP contribution in [0.1, 0.15) is 20.9 Å². The maximum atomic E-state index is 12.3. The van der Waals surface area contributed by atoms with Crippen LogP contribution in [-0.2, 0) is 6.54 Å². The molecule has 1 N–H and O–H groups in total. The van der Waals surface area contributed by atoms with Gasteiger partial charge in [0.2, 0.25) is 0 Å². The molecule has 1 heterocycles. The molecule has 2 aromatic carbocycles. The van der Waals surface area contributed by atoms with E-state index in [-0.39, 0.29) is 17.8 Å². The second-order valence-corrected chi connectivity index (χ2v) is 6.10. The highest BCUT2D eigenvalue weighted by Crippen LogP contribution is 2.24. The van der Waals surface area contributed by atoms with Crippen LogP contribution in [0.25, 0.3) is 10.2 Å². The Hall–Kier alpha value is -2.80. The molecule has 116 valence electrons. The monoisotopic (exact) mass is 327 g/mol.